The SMILES string of the molecule is CCOC(=O)[C@H]1CCCN(CC(=O)Nc2ccc(C(C)(C)C)cc2)C1. The van der Waals surface area contributed by atoms with E-state index < -0.39 is 0 Å². The molecular formula is C20H30N2O3. The number of hydrogen-bond donors (Lipinski definition) is 1. The molecule has 2 rings (SSSR count). The fraction of sp³-hybridized carbons (Fsp3) is 0.600. The maximum absolute atomic E-state index is 12.3. The van der Waals surface area contributed by atoms with Crippen LogP contribution in [0, 0.1) is 5.92 Å². The predicted octanol–water partition coefficient (Wildman–Crippen LogP) is 3.20. The summed E-state index contributed by atoms with van der Waals surface area (Å²) in [5.41, 5.74) is 2.13. The zero-order chi connectivity index (χ0) is 18.4. The highest BCUT2D eigenvalue weighted by Gasteiger charge is 2.27. The van der Waals surface area contributed by atoms with Crippen LogP contribution in [0.15, 0.2) is 24.3 Å². The van der Waals surface area contributed by atoms with Crippen molar-refractivity contribution in [3.63, 3.8) is 0 Å². The highest BCUT2D eigenvalue weighted by atomic mass is 16.5. The van der Waals surface area contributed by atoms with Gasteiger partial charge in [-0.2, -0.15) is 0 Å². The molecule has 1 aliphatic rings. The molecule has 1 heterocycles. The summed E-state index contributed by atoms with van der Waals surface area (Å²) in [5.74, 6) is -0.314. The van der Waals surface area contributed by atoms with E-state index in [-0.39, 0.29) is 23.2 Å². The summed E-state index contributed by atoms with van der Waals surface area (Å²) in [4.78, 5) is 26.2. The van der Waals surface area contributed by atoms with Crippen molar-refractivity contribution < 1.29 is 14.3 Å². The summed E-state index contributed by atoms with van der Waals surface area (Å²) in [7, 11) is 0. The number of benzene rings is 1. The van der Waals surface area contributed by atoms with E-state index in [0.717, 1.165) is 25.1 Å². The molecule has 1 saturated heterocycles. The lowest BCUT2D eigenvalue weighted by Gasteiger charge is -2.30. The van der Waals surface area contributed by atoms with E-state index in [2.05, 4.69) is 26.1 Å². The smallest absolute Gasteiger partial charge is 0.310 e. The van der Waals surface area contributed by atoms with Crippen molar-refractivity contribution in [3.8, 4) is 0 Å². The number of carbonyl (C=O) groups is 2. The molecule has 25 heavy (non-hydrogen) atoms. The second-order valence-corrected chi connectivity index (χ2v) is 7.70. The Hall–Kier alpha value is -1.88. The Labute approximate surface area is 150 Å². The van der Waals surface area contributed by atoms with Crippen molar-refractivity contribution in [1.82, 2.24) is 4.90 Å². The van der Waals surface area contributed by atoms with Crippen LogP contribution in [0.3, 0.4) is 0 Å². The van der Waals surface area contributed by atoms with E-state index in [1.54, 1.807) is 0 Å². The van der Waals surface area contributed by atoms with Crippen molar-refractivity contribution in [2.24, 2.45) is 5.92 Å². The molecule has 1 atom stereocenters. The highest BCUT2D eigenvalue weighted by Crippen LogP contribution is 2.23. The molecule has 1 aromatic rings. The Bertz CT molecular complexity index is 590. The van der Waals surface area contributed by atoms with Gasteiger partial charge < -0.3 is 10.1 Å². The molecule has 1 amide bonds. The number of nitrogens with zero attached hydrogens (tertiary/aromatic N) is 1. The van der Waals surface area contributed by atoms with Gasteiger partial charge in [0.05, 0.1) is 19.1 Å². The molecule has 1 aliphatic heterocycles. The van der Waals surface area contributed by atoms with Crippen molar-refractivity contribution in [2.75, 3.05) is 31.6 Å². The fourth-order valence-corrected chi connectivity index (χ4v) is 3.11. The van der Waals surface area contributed by atoms with Gasteiger partial charge in [-0.15, -0.1) is 0 Å². The van der Waals surface area contributed by atoms with Gasteiger partial charge in [0.2, 0.25) is 5.91 Å². The normalized spacial score (nSPS) is 18.6. The number of ether oxygens (including phenoxy) is 1. The summed E-state index contributed by atoms with van der Waals surface area (Å²) < 4.78 is 5.10. The van der Waals surface area contributed by atoms with Crippen LogP contribution in [0.25, 0.3) is 0 Å². The molecule has 0 radical (unpaired) electrons. The average Bonchev–Trinajstić information content (AvgIpc) is 2.55. The van der Waals surface area contributed by atoms with Crippen molar-refractivity contribution in [1.29, 1.82) is 0 Å². The summed E-state index contributed by atoms with van der Waals surface area (Å²) in [5, 5.41) is 2.94. The van der Waals surface area contributed by atoms with Crippen molar-refractivity contribution in [3.05, 3.63) is 29.8 Å². The van der Waals surface area contributed by atoms with Crippen LogP contribution in [-0.4, -0.2) is 43.0 Å². The Balaban J connectivity index is 1.86. The first-order chi connectivity index (χ1) is 11.8. The van der Waals surface area contributed by atoms with Gasteiger partial charge in [-0.3, -0.25) is 14.5 Å². The lowest BCUT2D eigenvalue weighted by molar-refractivity contribution is -0.150. The third-order valence-corrected chi connectivity index (χ3v) is 4.53. The number of carbonyl (C=O) groups excluding carboxylic acids is 2. The number of rotatable bonds is 5. The minimum atomic E-state index is -0.148. The standard InChI is InChI=1S/C20H30N2O3/c1-5-25-19(24)15-7-6-12-22(13-15)14-18(23)21-17-10-8-16(9-11-17)20(2,3)4/h8-11,15H,5-7,12-14H2,1-4H3,(H,21,23)/t15-/m0/s1. The second-order valence-electron chi connectivity index (χ2n) is 7.70. The molecule has 1 fully saturated rings. The molecule has 0 aliphatic carbocycles. The number of amides is 1. The Morgan fingerprint density at radius 3 is 2.52 bits per heavy atom. The van der Waals surface area contributed by atoms with Crippen LogP contribution < -0.4 is 5.32 Å². The largest absolute Gasteiger partial charge is 0.466 e. The second kappa shape index (κ2) is 8.48. The average molecular weight is 346 g/mol. The maximum atomic E-state index is 12.3. The van der Waals surface area contributed by atoms with E-state index in [1.807, 2.05) is 36.1 Å². The molecule has 1 aromatic carbocycles. The number of esters is 1. The molecule has 138 valence electrons. The Kier molecular flexibility index (Phi) is 6.59. The van der Waals surface area contributed by atoms with E-state index >= 15 is 0 Å². The number of hydrogen-bond acceptors (Lipinski definition) is 4. The number of likely N-dealkylation sites (tertiary alicyclic amines) is 1. The molecule has 0 unspecified atom stereocenters. The zero-order valence-corrected chi connectivity index (χ0v) is 15.8. The maximum Gasteiger partial charge on any atom is 0.310 e. The quantitative estimate of drug-likeness (QED) is 0.832. The van der Waals surface area contributed by atoms with Crippen LogP contribution in [0.1, 0.15) is 46.1 Å². The van der Waals surface area contributed by atoms with Gasteiger partial charge in [0.15, 0.2) is 0 Å². The minimum Gasteiger partial charge on any atom is -0.466 e. The van der Waals surface area contributed by atoms with Gasteiger partial charge in [-0.1, -0.05) is 32.9 Å². The van der Waals surface area contributed by atoms with E-state index in [1.165, 1.54) is 5.56 Å². The van der Waals surface area contributed by atoms with Crippen molar-refractivity contribution in [2.45, 2.75) is 46.0 Å². The third kappa shape index (κ3) is 5.85. The van der Waals surface area contributed by atoms with Gasteiger partial charge >= 0.3 is 5.97 Å². The molecule has 0 saturated carbocycles. The van der Waals surface area contributed by atoms with Gasteiger partial charge in [0.25, 0.3) is 0 Å². The first-order valence-electron chi connectivity index (χ1n) is 9.09. The molecule has 0 bridgehead atoms. The van der Waals surface area contributed by atoms with Crippen LogP contribution in [0.2, 0.25) is 0 Å². The van der Waals surface area contributed by atoms with Crippen LogP contribution >= 0.6 is 0 Å². The summed E-state index contributed by atoms with van der Waals surface area (Å²) in [6.07, 6.45) is 1.75. The Morgan fingerprint density at radius 2 is 1.92 bits per heavy atom. The molecule has 0 spiro atoms. The highest BCUT2D eigenvalue weighted by molar-refractivity contribution is 5.92. The molecule has 0 aromatic heterocycles. The number of nitrogens with one attached hydrogen (secondary N) is 1. The fourth-order valence-electron chi connectivity index (χ4n) is 3.11. The van der Waals surface area contributed by atoms with E-state index in [9.17, 15) is 9.59 Å². The Morgan fingerprint density at radius 1 is 1.24 bits per heavy atom. The molecular weight excluding hydrogens is 316 g/mol. The van der Waals surface area contributed by atoms with Gasteiger partial charge in [0, 0.05) is 12.2 Å². The molecule has 5 nitrogen and oxygen atoms in total. The topological polar surface area (TPSA) is 58.6 Å². The number of piperidine rings is 1. The molecule has 5 heteroatoms. The third-order valence-electron chi connectivity index (χ3n) is 4.53. The first-order valence-corrected chi connectivity index (χ1v) is 9.09. The predicted molar refractivity (Wildman–Crippen MR) is 99.6 cm³/mol. The monoisotopic (exact) mass is 346 g/mol. The van der Waals surface area contributed by atoms with E-state index in [0.29, 0.717) is 19.7 Å². The van der Waals surface area contributed by atoms with Gasteiger partial charge in [-0.05, 0) is 49.4 Å². The molecule has 1 N–H and O–H groups in total. The lowest BCUT2D eigenvalue weighted by atomic mass is 9.87. The van der Waals surface area contributed by atoms with E-state index in [4.69, 9.17) is 4.74 Å². The van der Waals surface area contributed by atoms with Gasteiger partial charge in [0.1, 0.15) is 0 Å². The number of anilines is 1. The van der Waals surface area contributed by atoms with Crippen LogP contribution in [0.5, 0.6) is 0 Å². The van der Waals surface area contributed by atoms with Crippen LogP contribution in [0.4, 0.5) is 5.69 Å². The summed E-state index contributed by atoms with van der Waals surface area (Å²) >= 11 is 0. The zero-order valence-electron chi connectivity index (χ0n) is 15.8. The summed E-state index contributed by atoms with van der Waals surface area (Å²) in [6.45, 7) is 10.4. The van der Waals surface area contributed by atoms with Crippen LogP contribution in [-0.2, 0) is 19.7 Å². The van der Waals surface area contributed by atoms with Crippen molar-refractivity contribution >= 4 is 17.6 Å². The lowest BCUT2D eigenvalue weighted by Crippen LogP contribution is -2.43. The van der Waals surface area contributed by atoms with Gasteiger partial charge in [-0.25, -0.2) is 0 Å². The summed E-state index contributed by atoms with van der Waals surface area (Å²) in [6, 6.07) is 7.98. The minimum absolute atomic E-state index is 0.0481. The first kappa shape index (κ1) is 19.4.